The fourth-order valence-corrected chi connectivity index (χ4v) is 3.20. The Hall–Kier alpha value is -2.91. The zero-order valence-corrected chi connectivity index (χ0v) is 15.9. The third kappa shape index (κ3) is 4.63. The van der Waals surface area contributed by atoms with E-state index in [-0.39, 0.29) is 23.2 Å². The highest BCUT2D eigenvalue weighted by Gasteiger charge is 2.24. The number of amides is 2. The third-order valence-electron chi connectivity index (χ3n) is 4.41. The molecule has 0 aliphatic carbocycles. The predicted octanol–water partition coefficient (Wildman–Crippen LogP) is 0.585. The molecule has 0 spiro atoms. The number of anilines is 1. The van der Waals surface area contributed by atoms with Crippen molar-refractivity contribution < 1.29 is 4.79 Å². The Labute approximate surface area is 157 Å². The summed E-state index contributed by atoms with van der Waals surface area (Å²) in [6.45, 7) is 7.67. The van der Waals surface area contributed by atoms with Crippen molar-refractivity contribution >= 4 is 11.8 Å². The number of urea groups is 1. The van der Waals surface area contributed by atoms with Crippen molar-refractivity contribution in [2.75, 3.05) is 18.0 Å². The highest BCUT2D eigenvalue weighted by molar-refractivity contribution is 5.74. The molecule has 1 atom stereocenters. The first-order chi connectivity index (χ1) is 12.8. The number of aromatic nitrogens is 5. The van der Waals surface area contributed by atoms with E-state index in [0.29, 0.717) is 24.7 Å². The molecule has 2 aromatic heterocycles. The van der Waals surface area contributed by atoms with Crippen LogP contribution in [0.1, 0.15) is 39.4 Å². The minimum atomic E-state index is -0.264. The summed E-state index contributed by atoms with van der Waals surface area (Å²) in [5.74, 6) is 1.09. The number of rotatable bonds is 4. The van der Waals surface area contributed by atoms with E-state index in [4.69, 9.17) is 0 Å². The van der Waals surface area contributed by atoms with E-state index in [2.05, 4.69) is 30.7 Å². The Morgan fingerprint density at radius 1 is 1.37 bits per heavy atom. The van der Waals surface area contributed by atoms with Gasteiger partial charge in [-0.05, 0) is 33.6 Å². The van der Waals surface area contributed by atoms with Crippen LogP contribution in [0.15, 0.2) is 23.5 Å². The summed E-state index contributed by atoms with van der Waals surface area (Å²) in [5.41, 5.74) is -0.423. The van der Waals surface area contributed by atoms with Crippen molar-refractivity contribution in [2.24, 2.45) is 0 Å². The molecule has 0 aromatic carbocycles. The monoisotopic (exact) mass is 374 g/mol. The smallest absolute Gasteiger partial charge is 0.315 e. The van der Waals surface area contributed by atoms with Crippen molar-refractivity contribution in [3.05, 3.63) is 34.9 Å². The van der Waals surface area contributed by atoms with Gasteiger partial charge in [-0.3, -0.25) is 4.79 Å². The van der Waals surface area contributed by atoms with Crippen LogP contribution in [0.4, 0.5) is 10.6 Å². The SMILES string of the molecule is CC(C)(C)n1ncnc1CNC(=O)NC1CCCN(c2ncc[nH]c2=O)C1. The largest absolute Gasteiger partial charge is 0.350 e. The average molecular weight is 374 g/mol. The van der Waals surface area contributed by atoms with Crippen LogP contribution in [-0.4, -0.2) is 49.9 Å². The molecule has 2 amide bonds. The number of hydrogen-bond acceptors (Lipinski definition) is 6. The predicted molar refractivity (Wildman–Crippen MR) is 100 cm³/mol. The number of nitrogens with one attached hydrogen (secondary N) is 3. The highest BCUT2D eigenvalue weighted by atomic mass is 16.2. The van der Waals surface area contributed by atoms with Gasteiger partial charge in [-0.25, -0.2) is 19.4 Å². The highest BCUT2D eigenvalue weighted by Crippen LogP contribution is 2.15. The van der Waals surface area contributed by atoms with E-state index in [0.717, 1.165) is 19.4 Å². The van der Waals surface area contributed by atoms with Gasteiger partial charge < -0.3 is 20.5 Å². The molecule has 0 saturated carbocycles. The molecule has 0 bridgehead atoms. The van der Waals surface area contributed by atoms with E-state index >= 15 is 0 Å². The first-order valence-corrected chi connectivity index (χ1v) is 9.07. The Bertz CT molecular complexity index is 838. The lowest BCUT2D eigenvalue weighted by Gasteiger charge is -2.33. The summed E-state index contributed by atoms with van der Waals surface area (Å²) in [4.78, 5) is 37.1. The van der Waals surface area contributed by atoms with E-state index in [9.17, 15) is 9.59 Å². The van der Waals surface area contributed by atoms with Gasteiger partial charge in [-0.2, -0.15) is 5.10 Å². The van der Waals surface area contributed by atoms with E-state index in [1.54, 1.807) is 10.9 Å². The molecular formula is C17H26N8O2. The zero-order chi connectivity index (χ0) is 19.4. The molecule has 10 heteroatoms. The van der Waals surface area contributed by atoms with Crippen LogP contribution >= 0.6 is 0 Å². The van der Waals surface area contributed by atoms with Gasteiger partial charge in [0.05, 0.1) is 12.1 Å². The number of aromatic amines is 1. The molecule has 3 rings (SSSR count). The van der Waals surface area contributed by atoms with Gasteiger partial charge >= 0.3 is 6.03 Å². The van der Waals surface area contributed by atoms with Gasteiger partial charge in [0.15, 0.2) is 5.82 Å². The fraction of sp³-hybridized carbons (Fsp3) is 0.588. The molecule has 1 aliphatic rings. The molecular weight excluding hydrogens is 348 g/mol. The van der Waals surface area contributed by atoms with Crippen LogP contribution < -0.4 is 21.1 Å². The number of nitrogens with zero attached hydrogens (tertiary/aromatic N) is 5. The lowest BCUT2D eigenvalue weighted by molar-refractivity contribution is 0.233. The molecule has 3 N–H and O–H groups in total. The quantitative estimate of drug-likeness (QED) is 0.720. The maximum absolute atomic E-state index is 12.3. The summed E-state index contributed by atoms with van der Waals surface area (Å²) < 4.78 is 1.79. The van der Waals surface area contributed by atoms with E-state index in [1.807, 2.05) is 25.7 Å². The molecule has 3 heterocycles. The maximum Gasteiger partial charge on any atom is 0.315 e. The number of H-pyrrole nitrogens is 1. The van der Waals surface area contributed by atoms with Crippen molar-refractivity contribution in [3.8, 4) is 0 Å². The summed E-state index contributed by atoms with van der Waals surface area (Å²) in [6, 6.07) is -0.319. The second-order valence-corrected chi connectivity index (χ2v) is 7.61. The van der Waals surface area contributed by atoms with Crippen LogP contribution in [-0.2, 0) is 12.1 Å². The van der Waals surface area contributed by atoms with Crippen LogP contribution in [0.2, 0.25) is 0 Å². The van der Waals surface area contributed by atoms with Crippen LogP contribution in [0, 0.1) is 0 Å². The molecule has 1 fully saturated rings. The van der Waals surface area contributed by atoms with Gasteiger partial charge in [0, 0.05) is 31.5 Å². The Morgan fingerprint density at radius 3 is 2.93 bits per heavy atom. The molecule has 1 saturated heterocycles. The van der Waals surface area contributed by atoms with Crippen molar-refractivity contribution in [2.45, 2.75) is 51.7 Å². The van der Waals surface area contributed by atoms with E-state index in [1.165, 1.54) is 12.5 Å². The standard InChI is InChI=1S/C17H26N8O2/c1-17(2,3)25-13(21-11-22-25)9-20-16(27)23-12-5-4-8-24(10-12)14-15(26)19-7-6-18-14/h6-7,11-12H,4-5,8-10H2,1-3H3,(H,19,26)(H2,20,23,27). The summed E-state index contributed by atoms with van der Waals surface area (Å²) in [7, 11) is 0. The van der Waals surface area contributed by atoms with Gasteiger partial charge in [0.1, 0.15) is 12.2 Å². The molecule has 2 aromatic rings. The number of carbonyl (C=O) groups excluding carboxylic acids is 1. The van der Waals surface area contributed by atoms with Crippen LogP contribution in [0.3, 0.4) is 0 Å². The number of piperidine rings is 1. The summed E-state index contributed by atoms with van der Waals surface area (Å²) in [5, 5.41) is 10.0. The Kier molecular flexibility index (Phi) is 5.43. The first-order valence-electron chi connectivity index (χ1n) is 9.07. The van der Waals surface area contributed by atoms with Gasteiger partial charge in [-0.1, -0.05) is 0 Å². The lowest BCUT2D eigenvalue weighted by atomic mass is 10.1. The Balaban J connectivity index is 1.55. The van der Waals surface area contributed by atoms with Gasteiger partial charge in [0.2, 0.25) is 0 Å². The number of hydrogen-bond donors (Lipinski definition) is 3. The fourth-order valence-electron chi connectivity index (χ4n) is 3.20. The molecule has 10 nitrogen and oxygen atoms in total. The third-order valence-corrected chi connectivity index (χ3v) is 4.41. The first kappa shape index (κ1) is 18.9. The van der Waals surface area contributed by atoms with Crippen molar-refractivity contribution in [3.63, 3.8) is 0 Å². The number of carbonyl (C=O) groups is 1. The average Bonchev–Trinajstić information content (AvgIpc) is 3.10. The van der Waals surface area contributed by atoms with Crippen LogP contribution in [0.25, 0.3) is 0 Å². The van der Waals surface area contributed by atoms with Crippen molar-refractivity contribution in [1.82, 2.24) is 35.4 Å². The molecule has 1 unspecified atom stereocenters. The molecule has 0 radical (unpaired) electrons. The second-order valence-electron chi connectivity index (χ2n) is 7.61. The van der Waals surface area contributed by atoms with Crippen LogP contribution in [0.5, 0.6) is 0 Å². The maximum atomic E-state index is 12.3. The van der Waals surface area contributed by atoms with Crippen molar-refractivity contribution in [1.29, 1.82) is 0 Å². The normalized spacial score (nSPS) is 17.6. The Morgan fingerprint density at radius 2 is 2.19 bits per heavy atom. The molecule has 27 heavy (non-hydrogen) atoms. The second kappa shape index (κ2) is 7.77. The minimum absolute atomic E-state index is 0.0550. The summed E-state index contributed by atoms with van der Waals surface area (Å²) >= 11 is 0. The van der Waals surface area contributed by atoms with Gasteiger partial charge in [-0.15, -0.1) is 0 Å². The zero-order valence-electron chi connectivity index (χ0n) is 15.9. The summed E-state index contributed by atoms with van der Waals surface area (Å²) in [6.07, 6.45) is 6.29. The van der Waals surface area contributed by atoms with E-state index < -0.39 is 0 Å². The molecule has 146 valence electrons. The van der Waals surface area contributed by atoms with Gasteiger partial charge in [0.25, 0.3) is 5.56 Å². The minimum Gasteiger partial charge on any atom is -0.350 e. The lowest BCUT2D eigenvalue weighted by Crippen LogP contribution is -2.51. The topological polar surface area (TPSA) is 121 Å². The molecule has 1 aliphatic heterocycles.